The molecule has 2 aromatic rings. The number of pyridine rings is 2. The largest absolute Gasteiger partial charge is 0.353 e. The van der Waals surface area contributed by atoms with Gasteiger partial charge in [0, 0.05) is 57.1 Å². The fraction of sp³-hybridized carbons (Fsp3) is 0.389. The van der Waals surface area contributed by atoms with E-state index in [4.69, 9.17) is 0 Å². The smallest absolute Gasteiger partial charge is 0.250 e. The highest BCUT2D eigenvalue weighted by Gasteiger charge is 2.21. The third-order valence-corrected chi connectivity index (χ3v) is 4.42. The molecule has 0 atom stereocenters. The highest BCUT2D eigenvalue weighted by atomic mass is 16.2. The van der Waals surface area contributed by atoms with Crippen LogP contribution in [-0.2, 0) is 11.3 Å². The summed E-state index contributed by atoms with van der Waals surface area (Å²) in [5.41, 5.74) is 0.832. The minimum atomic E-state index is -0.0530. The molecule has 0 spiro atoms. The van der Waals surface area contributed by atoms with E-state index in [0.717, 1.165) is 24.6 Å². The summed E-state index contributed by atoms with van der Waals surface area (Å²) >= 11 is 0. The Morgan fingerprint density at radius 2 is 1.88 bits per heavy atom. The standard InChI is InChI=1S/C18H22N4O2/c1-15-5-4-7-18(24)22(15)10-8-17(23)21-13-11-20(12-14-21)16-6-2-3-9-19-16/h2-7,9H,8,10-14H2,1H3. The van der Waals surface area contributed by atoms with E-state index in [0.29, 0.717) is 26.1 Å². The number of carbonyl (C=O) groups excluding carboxylic acids is 1. The van der Waals surface area contributed by atoms with E-state index in [1.54, 1.807) is 16.8 Å². The number of piperazine rings is 1. The van der Waals surface area contributed by atoms with E-state index in [1.165, 1.54) is 6.07 Å². The number of anilines is 1. The fourth-order valence-corrected chi connectivity index (χ4v) is 3.00. The van der Waals surface area contributed by atoms with Gasteiger partial charge in [-0.05, 0) is 25.1 Å². The lowest BCUT2D eigenvalue weighted by molar-refractivity contribution is -0.131. The first kappa shape index (κ1) is 16.2. The molecule has 0 unspecified atom stereocenters. The van der Waals surface area contributed by atoms with Gasteiger partial charge in [0.2, 0.25) is 5.91 Å². The number of aryl methyl sites for hydroxylation is 1. The predicted octanol–water partition coefficient (Wildman–Crippen LogP) is 1.29. The number of hydrogen-bond donors (Lipinski definition) is 0. The predicted molar refractivity (Wildman–Crippen MR) is 93.1 cm³/mol. The summed E-state index contributed by atoms with van der Waals surface area (Å²) in [6.45, 7) is 5.28. The molecule has 0 saturated carbocycles. The first-order valence-electron chi connectivity index (χ1n) is 8.25. The molecule has 0 radical (unpaired) electrons. The van der Waals surface area contributed by atoms with Crippen molar-refractivity contribution in [3.63, 3.8) is 0 Å². The van der Waals surface area contributed by atoms with Crippen LogP contribution < -0.4 is 10.5 Å². The van der Waals surface area contributed by atoms with Crippen molar-refractivity contribution in [2.75, 3.05) is 31.1 Å². The van der Waals surface area contributed by atoms with Gasteiger partial charge in [-0.1, -0.05) is 12.1 Å². The van der Waals surface area contributed by atoms with Gasteiger partial charge in [0.05, 0.1) is 0 Å². The van der Waals surface area contributed by atoms with Gasteiger partial charge in [0.15, 0.2) is 0 Å². The van der Waals surface area contributed by atoms with Gasteiger partial charge in [-0.3, -0.25) is 9.59 Å². The Hall–Kier alpha value is -2.63. The van der Waals surface area contributed by atoms with Crippen molar-refractivity contribution in [3.05, 3.63) is 58.6 Å². The molecule has 6 heteroatoms. The maximum Gasteiger partial charge on any atom is 0.250 e. The van der Waals surface area contributed by atoms with Crippen LogP contribution in [0.15, 0.2) is 47.4 Å². The fourth-order valence-electron chi connectivity index (χ4n) is 3.00. The molecule has 126 valence electrons. The lowest BCUT2D eigenvalue weighted by Crippen LogP contribution is -2.49. The molecule has 0 aromatic carbocycles. The van der Waals surface area contributed by atoms with Gasteiger partial charge in [0.25, 0.3) is 5.56 Å². The minimum absolute atomic E-state index is 0.0530. The van der Waals surface area contributed by atoms with E-state index in [1.807, 2.05) is 36.1 Å². The molecular weight excluding hydrogens is 304 g/mol. The van der Waals surface area contributed by atoms with E-state index < -0.39 is 0 Å². The Morgan fingerprint density at radius 1 is 1.08 bits per heavy atom. The third kappa shape index (κ3) is 3.64. The van der Waals surface area contributed by atoms with E-state index in [9.17, 15) is 9.59 Å². The molecule has 3 rings (SSSR count). The Balaban J connectivity index is 1.53. The number of nitrogens with zero attached hydrogens (tertiary/aromatic N) is 4. The molecule has 0 bridgehead atoms. The zero-order chi connectivity index (χ0) is 16.9. The number of hydrogen-bond acceptors (Lipinski definition) is 4. The summed E-state index contributed by atoms with van der Waals surface area (Å²) in [5, 5.41) is 0. The average molecular weight is 326 g/mol. The minimum Gasteiger partial charge on any atom is -0.353 e. The molecule has 3 heterocycles. The second-order valence-electron chi connectivity index (χ2n) is 5.96. The van der Waals surface area contributed by atoms with Gasteiger partial charge >= 0.3 is 0 Å². The first-order chi connectivity index (χ1) is 11.6. The number of amides is 1. The van der Waals surface area contributed by atoms with E-state index in [2.05, 4.69) is 9.88 Å². The van der Waals surface area contributed by atoms with Gasteiger partial charge < -0.3 is 14.4 Å². The van der Waals surface area contributed by atoms with Gasteiger partial charge in [-0.25, -0.2) is 4.98 Å². The van der Waals surface area contributed by atoms with Crippen molar-refractivity contribution >= 4 is 11.7 Å². The van der Waals surface area contributed by atoms with E-state index in [-0.39, 0.29) is 11.5 Å². The van der Waals surface area contributed by atoms with Crippen molar-refractivity contribution < 1.29 is 4.79 Å². The average Bonchev–Trinajstić information content (AvgIpc) is 2.62. The number of carbonyl (C=O) groups is 1. The van der Waals surface area contributed by atoms with Crippen LogP contribution >= 0.6 is 0 Å². The molecule has 1 amide bonds. The van der Waals surface area contributed by atoms with Crippen molar-refractivity contribution in [2.45, 2.75) is 19.9 Å². The normalized spacial score (nSPS) is 14.7. The quantitative estimate of drug-likeness (QED) is 0.849. The molecule has 1 aliphatic rings. The molecule has 1 saturated heterocycles. The van der Waals surface area contributed by atoms with Gasteiger partial charge in [-0.15, -0.1) is 0 Å². The van der Waals surface area contributed by atoms with Crippen LogP contribution in [0, 0.1) is 6.92 Å². The molecular formula is C18H22N4O2. The molecule has 0 aliphatic carbocycles. The molecule has 6 nitrogen and oxygen atoms in total. The maximum absolute atomic E-state index is 12.4. The van der Waals surface area contributed by atoms with E-state index >= 15 is 0 Å². The summed E-state index contributed by atoms with van der Waals surface area (Å²) in [6, 6.07) is 11.0. The van der Waals surface area contributed by atoms with Crippen LogP contribution in [0.25, 0.3) is 0 Å². The van der Waals surface area contributed by atoms with Crippen LogP contribution in [0.4, 0.5) is 5.82 Å². The first-order valence-corrected chi connectivity index (χ1v) is 8.25. The molecule has 1 aliphatic heterocycles. The Kier molecular flexibility index (Phi) is 4.93. The zero-order valence-corrected chi connectivity index (χ0v) is 13.9. The summed E-state index contributed by atoms with van der Waals surface area (Å²) in [6.07, 6.45) is 2.14. The lowest BCUT2D eigenvalue weighted by Gasteiger charge is -2.35. The SMILES string of the molecule is Cc1cccc(=O)n1CCC(=O)N1CCN(c2ccccn2)CC1. The number of rotatable bonds is 4. The van der Waals surface area contributed by atoms with Crippen LogP contribution in [0.1, 0.15) is 12.1 Å². The Bertz CT molecular complexity index is 749. The molecule has 0 N–H and O–H groups in total. The summed E-state index contributed by atoms with van der Waals surface area (Å²) in [7, 11) is 0. The van der Waals surface area contributed by atoms with Crippen molar-refractivity contribution in [1.29, 1.82) is 0 Å². The van der Waals surface area contributed by atoms with Crippen molar-refractivity contribution in [3.8, 4) is 0 Å². The summed E-state index contributed by atoms with van der Waals surface area (Å²) in [5.74, 6) is 1.06. The lowest BCUT2D eigenvalue weighted by atomic mass is 10.2. The Morgan fingerprint density at radius 3 is 2.54 bits per heavy atom. The summed E-state index contributed by atoms with van der Waals surface area (Å²) < 4.78 is 1.65. The van der Waals surface area contributed by atoms with Crippen molar-refractivity contribution in [2.24, 2.45) is 0 Å². The topological polar surface area (TPSA) is 58.4 Å². The molecule has 24 heavy (non-hydrogen) atoms. The molecule has 1 fully saturated rings. The van der Waals surface area contributed by atoms with Crippen LogP contribution in [0.5, 0.6) is 0 Å². The van der Waals surface area contributed by atoms with Crippen LogP contribution in [0.3, 0.4) is 0 Å². The van der Waals surface area contributed by atoms with Gasteiger partial charge in [-0.2, -0.15) is 0 Å². The second kappa shape index (κ2) is 7.29. The highest BCUT2D eigenvalue weighted by molar-refractivity contribution is 5.76. The van der Waals surface area contributed by atoms with Gasteiger partial charge in [0.1, 0.15) is 5.82 Å². The zero-order valence-electron chi connectivity index (χ0n) is 13.9. The Labute approximate surface area is 141 Å². The highest BCUT2D eigenvalue weighted by Crippen LogP contribution is 2.13. The maximum atomic E-state index is 12.4. The summed E-state index contributed by atoms with van der Waals surface area (Å²) in [4.78, 5) is 32.7. The monoisotopic (exact) mass is 326 g/mol. The van der Waals surface area contributed by atoms with Crippen LogP contribution in [0.2, 0.25) is 0 Å². The number of aromatic nitrogens is 2. The second-order valence-corrected chi connectivity index (χ2v) is 5.96. The third-order valence-electron chi connectivity index (χ3n) is 4.42. The molecule has 2 aromatic heterocycles. The van der Waals surface area contributed by atoms with Crippen LogP contribution in [-0.4, -0.2) is 46.5 Å². The van der Waals surface area contributed by atoms with Crippen molar-refractivity contribution in [1.82, 2.24) is 14.5 Å².